The maximum atomic E-state index is 13.4. The van der Waals surface area contributed by atoms with E-state index < -0.39 is 10.0 Å². The van der Waals surface area contributed by atoms with Crippen molar-refractivity contribution < 1.29 is 8.42 Å². The Morgan fingerprint density at radius 1 is 1.03 bits per heavy atom. The summed E-state index contributed by atoms with van der Waals surface area (Å²) < 4.78 is 28.4. The second-order valence-corrected chi connectivity index (χ2v) is 11.5. The van der Waals surface area contributed by atoms with Gasteiger partial charge in [-0.3, -0.25) is 0 Å². The van der Waals surface area contributed by atoms with Crippen molar-refractivity contribution >= 4 is 27.3 Å². The number of nitrogens with one attached hydrogen (secondary N) is 1. The van der Waals surface area contributed by atoms with Gasteiger partial charge in [-0.2, -0.15) is 4.31 Å². The van der Waals surface area contributed by atoms with E-state index in [0.717, 1.165) is 53.9 Å². The van der Waals surface area contributed by atoms with E-state index >= 15 is 0 Å². The highest BCUT2D eigenvalue weighted by Gasteiger charge is 2.39. The normalized spacial score (nSPS) is 25.8. The van der Waals surface area contributed by atoms with Crippen molar-refractivity contribution in [3.05, 3.63) is 70.8 Å². The maximum absolute atomic E-state index is 13.4. The summed E-state index contributed by atoms with van der Waals surface area (Å²) in [4.78, 5) is 0.399. The van der Waals surface area contributed by atoms with Gasteiger partial charge in [-0.15, -0.1) is 0 Å². The Bertz CT molecular complexity index is 1110. The summed E-state index contributed by atoms with van der Waals surface area (Å²) in [5, 5.41) is 4.43. The van der Waals surface area contributed by atoms with E-state index in [1.807, 2.05) is 30.3 Å². The minimum absolute atomic E-state index is 0.105. The molecule has 1 heterocycles. The highest BCUT2D eigenvalue weighted by molar-refractivity contribution is 7.89. The van der Waals surface area contributed by atoms with E-state index in [-0.39, 0.29) is 18.0 Å². The van der Waals surface area contributed by atoms with Crippen LogP contribution in [0.5, 0.6) is 0 Å². The lowest BCUT2D eigenvalue weighted by Crippen LogP contribution is -2.38. The molecule has 31 heavy (non-hydrogen) atoms. The van der Waals surface area contributed by atoms with Crippen molar-refractivity contribution in [2.75, 3.05) is 12.4 Å². The standard InChI is InChI=1S/C25H29ClN2O2S/c1-28(17-8-3-2-4-9-17)31(29,30)18-14-15-24-22(16-18)19-11-7-12-20(19)25(27-24)21-10-5-6-13-23(21)26/h5-7,10-11,13-17,19-20,25,27H,2-4,8-9,12H2,1H3. The third kappa shape index (κ3) is 3.71. The topological polar surface area (TPSA) is 49.4 Å². The average molecular weight is 457 g/mol. The van der Waals surface area contributed by atoms with Crippen molar-refractivity contribution in [2.45, 2.75) is 61.4 Å². The van der Waals surface area contributed by atoms with Gasteiger partial charge in [0, 0.05) is 29.7 Å². The number of allylic oxidation sites excluding steroid dienone is 2. The second kappa shape index (κ2) is 8.27. The number of benzene rings is 2. The lowest BCUT2D eigenvalue weighted by atomic mass is 9.77. The molecule has 5 rings (SSSR count). The van der Waals surface area contributed by atoms with Crippen molar-refractivity contribution in [1.82, 2.24) is 4.31 Å². The van der Waals surface area contributed by atoms with Crippen LogP contribution in [0.3, 0.4) is 0 Å². The van der Waals surface area contributed by atoms with Crippen LogP contribution in [0.25, 0.3) is 0 Å². The third-order valence-corrected chi connectivity index (χ3v) is 9.59. The highest BCUT2D eigenvalue weighted by Crippen LogP contribution is 2.51. The molecule has 1 fully saturated rings. The van der Waals surface area contributed by atoms with Crippen LogP contribution < -0.4 is 5.32 Å². The van der Waals surface area contributed by atoms with E-state index in [0.29, 0.717) is 10.8 Å². The average Bonchev–Trinajstić information content (AvgIpc) is 3.29. The molecule has 164 valence electrons. The molecule has 3 unspecified atom stereocenters. The molecule has 0 amide bonds. The fraction of sp³-hybridized carbons (Fsp3) is 0.440. The number of hydrogen-bond donors (Lipinski definition) is 1. The van der Waals surface area contributed by atoms with Crippen molar-refractivity contribution in [3.8, 4) is 0 Å². The van der Waals surface area contributed by atoms with Gasteiger partial charge in [-0.05, 0) is 60.6 Å². The molecule has 0 aromatic heterocycles. The van der Waals surface area contributed by atoms with Crippen LogP contribution in [0.15, 0.2) is 59.5 Å². The molecular formula is C25H29ClN2O2S. The summed E-state index contributed by atoms with van der Waals surface area (Å²) in [6.45, 7) is 0. The molecule has 2 aromatic carbocycles. The van der Waals surface area contributed by atoms with E-state index in [9.17, 15) is 8.42 Å². The molecule has 6 heteroatoms. The Balaban J connectivity index is 1.49. The number of sulfonamides is 1. The van der Waals surface area contributed by atoms with Gasteiger partial charge in [0.2, 0.25) is 10.0 Å². The summed E-state index contributed by atoms with van der Waals surface area (Å²) in [5.41, 5.74) is 3.17. The number of halogens is 1. The zero-order valence-electron chi connectivity index (χ0n) is 17.8. The van der Waals surface area contributed by atoms with E-state index in [1.165, 1.54) is 6.42 Å². The number of rotatable bonds is 4. The fourth-order valence-electron chi connectivity index (χ4n) is 5.58. The van der Waals surface area contributed by atoms with Crippen LogP contribution in [0.2, 0.25) is 5.02 Å². The first-order chi connectivity index (χ1) is 15.0. The van der Waals surface area contributed by atoms with Crippen LogP contribution in [0.1, 0.15) is 61.6 Å². The number of anilines is 1. The first-order valence-electron chi connectivity index (χ1n) is 11.3. The van der Waals surface area contributed by atoms with E-state index in [1.54, 1.807) is 17.4 Å². The molecule has 4 nitrogen and oxygen atoms in total. The zero-order valence-corrected chi connectivity index (χ0v) is 19.4. The Labute approximate surface area is 190 Å². The van der Waals surface area contributed by atoms with Gasteiger partial charge in [-0.25, -0.2) is 8.42 Å². The lowest BCUT2D eigenvalue weighted by Gasteiger charge is -2.38. The Morgan fingerprint density at radius 2 is 1.81 bits per heavy atom. The SMILES string of the molecule is CN(C1CCCCC1)S(=O)(=O)c1ccc2c(c1)C1C=CCC1C(c1ccccc1Cl)N2. The summed E-state index contributed by atoms with van der Waals surface area (Å²) in [6.07, 6.45) is 10.7. The first-order valence-corrected chi connectivity index (χ1v) is 13.1. The molecule has 3 aliphatic rings. The second-order valence-electron chi connectivity index (χ2n) is 9.06. The Morgan fingerprint density at radius 3 is 2.58 bits per heavy atom. The van der Waals surface area contributed by atoms with Gasteiger partial charge in [0.1, 0.15) is 0 Å². The van der Waals surface area contributed by atoms with Crippen molar-refractivity contribution in [2.24, 2.45) is 5.92 Å². The van der Waals surface area contributed by atoms with Crippen molar-refractivity contribution in [1.29, 1.82) is 0 Å². The molecule has 2 aliphatic carbocycles. The van der Waals surface area contributed by atoms with Crippen LogP contribution >= 0.6 is 11.6 Å². The van der Waals surface area contributed by atoms with E-state index in [2.05, 4.69) is 23.5 Å². The predicted molar refractivity (Wildman–Crippen MR) is 126 cm³/mol. The summed E-state index contributed by atoms with van der Waals surface area (Å²) in [7, 11) is -1.77. The van der Waals surface area contributed by atoms with Gasteiger partial charge >= 0.3 is 0 Å². The Hall–Kier alpha value is -1.82. The molecular weight excluding hydrogens is 428 g/mol. The summed E-state index contributed by atoms with van der Waals surface area (Å²) in [6, 6.07) is 13.8. The maximum Gasteiger partial charge on any atom is 0.243 e. The molecule has 3 atom stereocenters. The molecule has 0 radical (unpaired) electrons. The highest BCUT2D eigenvalue weighted by atomic mass is 35.5. The number of hydrogen-bond acceptors (Lipinski definition) is 3. The van der Waals surface area contributed by atoms with Crippen LogP contribution in [-0.4, -0.2) is 25.8 Å². The van der Waals surface area contributed by atoms with Gasteiger partial charge in [-0.1, -0.05) is 61.2 Å². The third-order valence-electron chi connectivity index (χ3n) is 7.34. The largest absolute Gasteiger partial charge is 0.378 e. The molecule has 1 aliphatic heterocycles. The van der Waals surface area contributed by atoms with Gasteiger partial charge in [0.05, 0.1) is 10.9 Å². The quantitative estimate of drug-likeness (QED) is 0.564. The summed E-state index contributed by atoms with van der Waals surface area (Å²) in [5.74, 6) is 0.508. The van der Waals surface area contributed by atoms with Gasteiger partial charge in [0.25, 0.3) is 0 Å². The monoisotopic (exact) mass is 456 g/mol. The molecule has 0 saturated heterocycles. The van der Waals surface area contributed by atoms with Gasteiger partial charge in [0.15, 0.2) is 0 Å². The van der Waals surface area contributed by atoms with E-state index in [4.69, 9.17) is 11.6 Å². The minimum atomic E-state index is -3.51. The molecule has 0 spiro atoms. The van der Waals surface area contributed by atoms with Crippen LogP contribution in [-0.2, 0) is 10.0 Å². The smallest absolute Gasteiger partial charge is 0.243 e. The molecule has 0 bridgehead atoms. The number of fused-ring (bicyclic) bond motifs is 3. The Kier molecular flexibility index (Phi) is 5.61. The molecule has 2 aromatic rings. The van der Waals surface area contributed by atoms with Crippen LogP contribution in [0, 0.1) is 5.92 Å². The molecule has 1 saturated carbocycles. The molecule has 1 N–H and O–H groups in total. The predicted octanol–water partition coefficient (Wildman–Crippen LogP) is 6.12. The minimum Gasteiger partial charge on any atom is -0.378 e. The lowest BCUT2D eigenvalue weighted by molar-refractivity contribution is 0.286. The van der Waals surface area contributed by atoms with Gasteiger partial charge < -0.3 is 5.32 Å². The van der Waals surface area contributed by atoms with Crippen molar-refractivity contribution in [3.63, 3.8) is 0 Å². The summed E-state index contributed by atoms with van der Waals surface area (Å²) >= 11 is 6.52. The fourth-order valence-corrected chi connectivity index (χ4v) is 7.28. The first kappa shape index (κ1) is 21.0. The van der Waals surface area contributed by atoms with Crippen LogP contribution in [0.4, 0.5) is 5.69 Å². The zero-order chi connectivity index (χ0) is 21.6. The number of nitrogens with zero attached hydrogens (tertiary/aromatic N) is 1.